The van der Waals surface area contributed by atoms with Gasteiger partial charge in [0.05, 0.1) is 0 Å². The van der Waals surface area contributed by atoms with E-state index < -0.39 is 0 Å². The highest BCUT2D eigenvalue weighted by atomic mass is 35.5. The van der Waals surface area contributed by atoms with E-state index in [0.29, 0.717) is 5.41 Å². The predicted octanol–water partition coefficient (Wildman–Crippen LogP) is 2.86. The summed E-state index contributed by atoms with van der Waals surface area (Å²) in [6, 6.07) is 8.92. The van der Waals surface area contributed by atoms with Crippen LogP contribution in [0.4, 0.5) is 0 Å². The molecule has 2 heterocycles. The summed E-state index contributed by atoms with van der Waals surface area (Å²) in [6.45, 7) is 8.42. The van der Waals surface area contributed by atoms with Crippen molar-refractivity contribution in [1.82, 2.24) is 10.2 Å². The first-order valence-electron chi connectivity index (χ1n) is 7.31. The van der Waals surface area contributed by atoms with Crippen LogP contribution >= 0.6 is 12.4 Å². The van der Waals surface area contributed by atoms with Gasteiger partial charge in [-0.05, 0) is 48.9 Å². The molecule has 106 valence electrons. The molecule has 1 atom stereocenters. The molecule has 0 aliphatic carbocycles. The van der Waals surface area contributed by atoms with Gasteiger partial charge in [0, 0.05) is 19.6 Å². The molecule has 2 aliphatic heterocycles. The van der Waals surface area contributed by atoms with E-state index in [1.54, 1.807) is 0 Å². The molecule has 1 aromatic rings. The third-order valence-corrected chi connectivity index (χ3v) is 4.74. The maximum absolute atomic E-state index is 3.54. The van der Waals surface area contributed by atoms with Crippen LogP contribution in [0.25, 0.3) is 0 Å². The van der Waals surface area contributed by atoms with Crippen molar-refractivity contribution in [3.8, 4) is 0 Å². The lowest BCUT2D eigenvalue weighted by Crippen LogP contribution is -2.29. The fourth-order valence-corrected chi connectivity index (χ4v) is 3.60. The van der Waals surface area contributed by atoms with Gasteiger partial charge in [0.2, 0.25) is 0 Å². The average molecular weight is 281 g/mol. The molecule has 3 rings (SSSR count). The monoisotopic (exact) mass is 280 g/mol. The predicted molar refractivity (Wildman–Crippen MR) is 82.9 cm³/mol. The lowest BCUT2D eigenvalue weighted by Gasteiger charge is -2.23. The third kappa shape index (κ3) is 3.13. The van der Waals surface area contributed by atoms with Crippen molar-refractivity contribution in [3.05, 3.63) is 35.4 Å². The molecule has 0 amide bonds. The van der Waals surface area contributed by atoms with Crippen LogP contribution in [0.1, 0.15) is 30.9 Å². The van der Waals surface area contributed by atoms with Crippen molar-refractivity contribution in [2.75, 3.05) is 26.2 Å². The Morgan fingerprint density at radius 1 is 1.21 bits per heavy atom. The van der Waals surface area contributed by atoms with Crippen LogP contribution in [-0.4, -0.2) is 31.1 Å². The van der Waals surface area contributed by atoms with E-state index in [1.807, 2.05) is 0 Å². The summed E-state index contributed by atoms with van der Waals surface area (Å²) < 4.78 is 0. The molecule has 1 N–H and O–H groups in total. The molecule has 3 heteroatoms. The summed E-state index contributed by atoms with van der Waals surface area (Å²) in [6.07, 6.45) is 3.91. The zero-order chi connectivity index (χ0) is 12.4. The lowest BCUT2D eigenvalue weighted by molar-refractivity contribution is 0.268. The van der Waals surface area contributed by atoms with Gasteiger partial charge < -0.3 is 5.32 Å². The number of nitrogens with zero attached hydrogens (tertiary/aromatic N) is 1. The van der Waals surface area contributed by atoms with Gasteiger partial charge >= 0.3 is 0 Å². The van der Waals surface area contributed by atoms with Gasteiger partial charge in [-0.2, -0.15) is 0 Å². The standard InChI is InChI=1S/C16H24N2.ClH/c1-2-14-5-3-4-6-15(14)11-18-10-8-16(13-18)7-9-17-12-16;/h3-6,17H,2,7-13H2,1H3;1H. The number of benzene rings is 1. The van der Waals surface area contributed by atoms with Crippen LogP contribution < -0.4 is 5.32 Å². The van der Waals surface area contributed by atoms with Crippen molar-refractivity contribution in [2.24, 2.45) is 5.41 Å². The molecule has 2 fully saturated rings. The maximum Gasteiger partial charge on any atom is 0.0236 e. The number of likely N-dealkylation sites (tertiary alicyclic amines) is 1. The fourth-order valence-electron chi connectivity index (χ4n) is 3.60. The van der Waals surface area contributed by atoms with Gasteiger partial charge in [0.15, 0.2) is 0 Å². The molecule has 19 heavy (non-hydrogen) atoms. The highest BCUT2D eigenvalue weighted by Gasteiger charge is 2.40. The first-order valence-corrected chi connectivity index (χ1v) is 7.31. The lowest BCUT2D eigenvalue weighted by atomic mass is 9.86. The van der Waals surface area contributed by atoms with Crippen LogP contribution in [0.2, 0.25) is 0 Å². The molecular weight excluding hydrogens is 256 g/mol. The zero-order valence-electron chi connectivity index (χ0n) is 11.8. The van der Waals surface area contributed by atoms with E-state index in [0.717, 1.165) is 13.0 Å². The van der Waals surface area contributed by atoms with Crippen molar-refractivity contribution >= 4 is 12.4 Å². The number of nitrogens with one attached hydrogen (secondary N) is 1. The van der Waals surface area contributed by atoms with Crippen molar-refractivity contribution in [2.45, 2.75) is 32.7 Å². The van der Waals surface area contributed by atoms with Gasteiger partial charge in [-0.1, -0.05) is 31.2 Å². The van der Waals surface area contributed by atoms with E-state index >= 15 is 0 Å². The maximum atomic E-state index is 3.54. The average Bonchev–Trinajstić information content (AvgIpc) is 3.01. The molecule has 1 aromatic carbocycles. The number of rotatable bonds is 3. The number of halogens is 1. The SMILES string of the molecule is CCc1ccccc1CN1CCC2(CCNC2)C1.Cl. The Morgan fingerprint density at radius 3 is 2.68 bits per heavy atom. The molecule has 0 bridgehead atoms. The molecule has 0 aromatic heterocycles. The molecule has 1 unspecified atom stereocenters. The fraction of sp³-hybridized carbons (Fsp3) is 0.625. The van der Waals surface area contributed by atoms with E-state index in [-0.39, 0.29) is 12.4 Å². The van der Waals surface area contributed by atoms with Crippen molar-refractivity contribution < 1.29 is 0 Å². The first kappa shape index (κ1) is 14.8. The van der Waals surface area contributed by atoms with Gasteiger partial charge in [0.25, 0.3) is 0 Å². The second kappa shape index (κ2) is 6.25. The van der Waals surface area contributed by atoms with Crippen LogP contribution in [0.5, 0.6) is 0 Å². The molecule has 2 nitrogen and oxygen atoms in total. The van der Waals surface area contributed by atoms with Crippen molar-refractivity contribution in [1.29, 1.82) is 0 Å². The highest BCUT2D eigenvalue weighted by Crippen LogP contribution is 2.36. The summed E-state index contributed by atoms with van der Waals surface area (Å²) >= 11 is 0. The van der Waals surface area contributed by atoms with Crippen LogP contribution in [0.15, 0.2) is 24.3 Å². The Hall–Kier alpha value is -0.570. The van der Waals surface area contributed by atoms with Crippen LogP contribution in [-0.2, 0) is 13.0 Å². The topological polar surface area (TPSA) is 15.3 Å². The highest BCUT2D eigenvalue weighted by molar-refractivity contribution is 5.85. The van der Waals surface area contributed by atoms with Crippen LogP contribution in [0.3, 0.4) is 0 Å². The van der Waals surface area contributed by atoms with E-state index in [4.69, 9.17) is 0 Å². The van der Waals surface area contributed by atoms with Crippen molar-refractivity contribution in [3.63, 3.8) is 0 Å². The summed E-state index contributed by atoms with van der Waals surface area (Å²) in [5.74, 6) is 0. The molecular formula is C16H25ClN2. The minimum Gasteiger partial charge on any atom is -0.316 e. The second-order valence-corrected chi connectivity index (χ2v) is 6.01. The first-order chi connectivity index (χ1) is 8.81. The molecule has 1 spiro atoms. The Bertz CT molecular complexity index is 413. The second-order valence-electron chi connectivity index (χ2n) is 6.01. The van der Waals surface area contributed by atoms with E-state index in [1.165, 1.54) is 50.1 Å². The minimum absolute atomic E-state index is 0. The molecule has 2 saturated heterocycles. The zero-order valence-corrected chi connectivity index (χ0v) is 12.6. The largest absolute Gasteiger partial charge is 0.316 e. The normalized spacial score (nSPS) is 26.8. The summed E-state index contributed by atoms with van der Waals surface area (Å²) in [7, 11) is 0. The smallest absolute Gasteiger partial charge is 0.0236 e. The summed E-state index contributed by atoms with van der Waals surface area (Å²) in [5, 5.41) is 3.54. The number of hydrogen-bond acceptors (Lipinski definition) is 2. The number of aryl methyl sites for hydroxylation is 1. The number of hydrogen-bond donors (Lipinski definition) is 1. The Morgan fingerprint density at radius 2 is 2.00 bits per heavy atom. The van der Waals surface area contributed by atoms with Crippen LogP contribution in [0, 0.1) is 5.41 Å². The van der Waals surface area contributed by atoms with Gasteiger partial charge in [-0.3, -0.25) is 4.90 Å². The summed E-state index contributed by atoms with van der Waals surface area (Å²) in [4.78, 5) is 2.65. The molecule has 0 radical (unpaired) electrons. The quantitative estimate of drug-likeness (QED) is 0.916. The summed E-state index contributed by atoms with van der Waals surface area (Å²) in [5.41, 5.74) is 3.65. The Labute approximate surface area is 123 Å². The van der Waals surface area contributed by atoms with Gasteiger partial charge in [-0.15, -0.1) is 12.4 Å². The van der Waals surface area contributed by atoms with Gasteiger partial charge in [0.1, 0.15) is 0 Å². The molecule has 0 saturated carbocycles. The third-order valence-electron chi connectivity index (χ3n) is 4.74. The molecule has 2 aliphatic rings. The Kier molecular flexibility index (Phi) is 4.88. The van der Waals surface area contributed by atoms with E-state index in [2.05, 4.69) is 41.4 Å². The van der Waals surface area contributed by atoms with Gasteiger partial charge in [-0.25, -0.2) is 0 Å². The minimum atomic E-state index is 0. The van der Waals surface area contributed by atoms with E-state index in [9.17, 15) is 0 Å². The Balaban J connectivity index is 0.00000133.